The molecule has 132 valence electrons. The van der Waals surface area contributed by atoms with Gasteiger partial charge < -0.3 is 14.6 Å². The van der Waals surface area contributed by atoms with E-state index in [1.54, 1.807) is 31.2 Å². The molecule has 1 aromatic carbocycles. The zero-order valence-corrected chi connectivity index (χ0v) is 14.6. The SMILES string of the molecule is CCc1noc(C)c1C(=O)O[C@@H](C)C(=O)Nc1cccc(C(C)=O)c1. The van der Waals surface area contributed by atoms with Gasteiger partial charge in [-0.25, -0.2) is 4.79 Å². The smallest absolute Gasteiger partial charge is 0.344 e. The minimum atomic E-state index is -1.02. The van der Waals surface area contributed by atoms with Crippen LogP contribution in [0.5, 0.6) is 0 Å². The highest BCUT2D eigenvalue weighted by Crippen LogP contribution is 2.17. The molecule has 7 heteroatoms. The summed E-state index contributed by atoms with van der Waals surface area (Å²) in [6.07, 6.45) is -0.507. The van der Waals surface area contributed by atoms with Crippen molar-refractivity contribution in [3.63, 3.8) is 0 Å². The Labute approximate surface area is 145 Å². The Hall–Kier alpha value is -2.96. The zero-order valence-electron chi connectivity index (χ0n) is 14.6. The van der Waals surface area contributed by atoms with E-state index in [9.17, 15) is 14.4 Å². The lowest BCUT2D eigenvalue weighted by atomic mass is 10.1. The number of esters is 1. The van der Waals surface area contributed by atoms with Crippen LogP contribution in [0.4, 0.5) is 5.69 Å². The van der Waals surface area contributed by atoms with E-state index < -0.39 is 18.0 Å². The van der Waals surface area contributed by atoms with Crippen LogP contribution < -0.4 is 5.32 Å². The Morgan fingerprint density at radius 1 is 1.32 bits per heavy atom. The van der Waals surface area contributed by atoms with Gasteiger partial charge in [-0.1, -0.05) is 24.2 Å². The molecule has 25 heavy (non-hydrogen) atoms. The Bertz CT molecular complexity index is 810. The lowest BCUT2D eigenvalue weighted by Gasteiger charge is -2.14. The number of benzene rings is 1. The minimum Gasteiger partial charge on any atom is -0.449 e. The van der Waals surface area contributed by atoms with E-state index in [-0.39, 0.29) is 11.3 Å². The molecule has 0 aliphatic heterocycles. The fourth-order valence-corrected chi connectivity index (χ4v) is 2.25. The Kier molecular flexibility index (Phi) is 5.69. The minimum absolute atomic E-state index is 0.106. The molecule has 0 unspecified atom stereocenters. The van der Waals surface area contributed by atoms with Gasteiger partial charge in [-0.15, -0.1) is 0 Å². The number of amides is 1. The highest BCUT2D eigenvalue weighted by atomic mass is 16.5. The number of ketones is 1. The van der Waals surface area contributed by atoms with Crippen molar-refractivity contribution in [2.24, 2.45) is 0 Å². The van der Waals surface area contributed by atoms with Gasteiger partial charge in [-0.3, -0.25) is 9.59 Å². The Morgan fingerprint density at radius 2 is 2.04 bits per heavy atom. The molecule has 1 heterocycles. The number of carbonyl (C=O) groups excluding carboxylic acids is 3. The van der Waals surface area contributed by atoms with Gasteiger partial charge in [-0.05, 0) is 39.3 Å². The molecule has 0 aliphatic carbocycles. The number of carbonyl (C=O) groups is 3. The molecule has 1 amide bonds. The topological polar surface area (TPSA) is 98.5 Å². The maximum atomic E-state index is 12.3. The van der Waals surface area contributed by atoms with Crippen LogP contribution >= 0.6 is 0 Å². The van der Waals surface area contributed by atoms with Gasteiger partial charge in [-0.2, -0.15) is 0 Å². The number of hydrogen-bond donors (Lipinski definition) is 1. The predicted octanol–water partition coefficient (Wildman–Crippen LogP) is 2.93. The van der Waals surface area contributed by atoms with Crippen LogP contribution in [-0.2, 0) is 16.0 Å². The van der Waals surface area contributed by atoms with E-state index in [2.05, 4.69) is 10.5 Å². The van der Waals surface area contributed by atoms with Crippen LogP contribution in [0.25, 0.3) is 0 Å². The first-order valence-corrected chi connectivity index (χ1v) is 7.91. The van der Waals surface area contributed by atoms with Gasteiger partial charge >= 0.3 is 5.97 Å². The van der Waals surface area contributed by atoms with E-state index in [0.29, 0.717) is 29.1 Å². The van der Waals surface area contributed by atoms with Crippen LogP contribution in [0.15, 0.2) is 28.8 Å². The maximum Gasteiger partial charge on any atom is 0.344 e. The lowest BCUT2D eigenvalue weighted by Crippen LogP contribution is -2.30. The normalized spacial score (nSPS) is 11.7. The molecule has 0 fully saturated rings. The first kappa shape index (κ1) is 18.4. The van der Waals surface area contributed by atoms with Crippen LogP contribution in [-0.4, -0.2) is 28.9 Å². The molecule has 0 radical (unpaired) electrons. The van der Waals surface area contributed by atoms with Crippen molar-refractivity contribution in [3.05, 3.63) is 46.8 Å². The van der Waals surface area contributed by atoms with Gasteiger partial charge in [0, 0.05) is 11.3 Å². The number of aromatic nitrogens is 1. The number of hydrogen-bond acceptors (Lipinski definition) is 6. The number of rotatable bonds is 6. The second-order valence-electron chi connectivity index (χ2n) is 5.59. The van der Waals surface area contributed by atoms with Crippen LogP contribution in [0.3, 0.4) is 0 Å². The number of nitrogens with one attached hydrogen (secondary N) is 1. The van der Waals surface area contributed by atoms with Gasteiger partial charge in [0.1, 0.15) is 11.3 Å². The number of Topliss-reactive ketones (excluding diaryl/α,β-unsaturated/α-hetero) is 1. The summed E-state index contributed by atoms with van der Waals surface area (Å²) in [4.78, 5) is 35.9. The summed E-state index contributed by atoms with van der Waals surface area (Å²) in [5.41, 5.74) is 1.68. The summed E-state index contributed by atoms with van der Waals surface area (Å²) >= 11 is 0. The third-order valence-corrected chi connectivity index (χ3v) is 3.66. The quantitative estimate of drug-likeness (QED) is 0.639. The van der Waals surface area contributed by atoms with E-state index in [1.807, 2.05) is 6.92 Å². The third-order valence-electron chi connectivity index (χ3n) is 3.66. The summed E-state index contributed by atoms with van der Waals surface area (Å²) in [6, 6.07) is 6.53. The molecule has 2 aromatic rings. The second-order valence-corrected chi connectivity index (χ2v) is 5.59. The summed E-state index contributed by atoms with van der Waals surface area (Å²) in [5, 5.41) is 6.42. The summed E-state index contributed by atoms with van der Waals surface area (Å²) in [7, 11) is 0. The molecule has 0 saturated carbocycles. The number of ether oxygens (including phenoxy) is 1. The Balaban J connectivity index is 2.05. The largest absolute Gasteiger partial charge is 0.449 e. The van der Waals surface area contributed by atoms with E-state index in [1.165, 1.54) is 13.8 Å². The van der Waals surface area contributed by atoms with Gasteiger partial charge in [0.25, 0.3) is 5.91 Å². The average Bonchev–Trinajstić information content (AvgIpc) is 2.95. The van der Waals surface area contributed by atoms with Crippen LogP contribution in [0.1, 0.15) is 52.9 Å². The molecule has 0 aliphatic rings. The molecule has 1 atom stereocenters. The van der Waals surface area contributed by atoms with Gasteiger partial charge in [0.05, 0.1) is 5.69 Å². The van der Waals surface area contributed by atoms with E-state index >= 15 is 0 Å². The first-order valence-electron chi connectivity index (χ1n) is 7.91. The number of aryl methyl sites for hydroxylation is 2. The predicted molar refractivity (Wildman–Crippen MR) is 90.6 cm³/mol. The fraction of sp³-hybridized carbons (Fsp3) is 0.333. The van der Waals surface area contributed by atoms with Gasteiger partial charge in [0.2, 0.25) is 0 Å². The number of nitrogens with zero attached hydrogens (tertiary/aromatic N) is 1. The van der Waals surface area contributed by atoms with E-state index in [0.717, 1.165) is 0 Å². The van der Waals surface area contributed by atoms with Crippen molar-refractivity contribution in [3.8, 4) is 0 Å². The third kappa shape index (κ3) is 4.32. The molecule has 0 spiro atoms. The molecule has 1 N–H and O–H groups in total. The van der Waals surface area contributed by atoms with Crippen molar-refractivity contribution in [1.29, 1.82) is 0 Å². The van der Waals surface area contributed by atoms with Crippen molar-refractivity contribution in [2.75, 3.05) is 5.32 Å². The molecule has 2 rings (SSSR count). The van der Waals surface area contributed by atoms with Crippen molar-refractivity contribution in [1.82, 2.24) is 5.16 Å². The molecular formula is C18H20N2O5. The second kappa shape index (κ2) is 7.74. The maximum absolute atomic E-state index is 12.3. The van der Waals surface area contributed by atoms with E-state index in [4.69, 9.17) is 9.26 Å². The molecule has 7 nitrogen and oxygen atoms in total. The van der Waals surface area contributed by atoms with Crippen molar-refractivity contribution >= 4 is 23.3 Å². The summed E-state index contributed by atoms with van der Waals surface area (Å²) in [6.45, 7) is 6.36. The van der Waals surface area contributed by atoms with Crippen molar-refractivity contribution in [2.45, 2.75) is 40.2 Å². The Morgan fingerprint density at radius 3 is 2.68 bits per heavy atom. The fourth-order valence-electron chi connectivity index (χ4n) is 2.25. The lowest BCUT2D eigenvalue weighted by molar-refractivity contribution is -0.123. The highest BCUT2D eigenvalue weighted by Gasteiger charge is 2.25. The van der Waals surface area contributed by atoms with Crippen LogP contribution in [0, 0.1) is 6.92 Å². The highest BCUT2D eigenvalue weighted by molar-refractivity contribution is 5.99. The number of anilines is 1. The van der Waals surface area contributed by atoms with Crippen molar-refractivity contribution < 1.29 is 23.6 Å². The monoisotopic (exact) mass is 344 g/mol. The van der Waals surface area contributed by atoms with Crippen LogP contribution in [0.2, 0.25) is 0 Å². The molecule has 0 bridgehead atoms. The first-order chi connectivity index (χ1) is 11.8. The molecular weight excluding hydrogens is 324 g/mol. The molecule has 1 aromatic heterocycles. The summed E-state index contributed by atoms with van der Waals surface area (Å²) in [5.74, 6) is -0.911. The van der Waals surface area contributed by atoms with Gasteiger partial charge in [0.15, 0.2) is 11.9 Å². The standard InChI is InChI=1S/C18H20N2O5/c1-5-15-16(11(3)25-20-15)18(23)24-12(4)17(22)19-14-8-6-7-13(9-14)10(2)21/h6-9,12H,5H2,1-4H3,(H,19,22)/t12-/m0/s1. The summed E-state index contributed by atoms with van der Waals surface area (Å²) < 4.78 is 10.2. The molecule has 0 saturated heterocycles. The zero-order chi connectivity index (χ0) is 18.6. The average molecular weight is 344 g/mol.